The first kappa shape index (κ1) is 18.4. The van der Waals surface area contributed by atoms with Crippen molar-refractivity contribution in [3.8, 4) is 5.75 Å². The van der Waals surface area contributed by atoms with Crippen LogP contribution in [0.15, 0.2) is 42.5 Å². The van der Waals surface area contributed by atoms with Crippen LogP contribution in [0.4, 0.5) is 5.69 Å². The van der Waals surface area contributed by atoms with Gasteiger partial charge in [-0.2, -0.15) is 0 Å². The Balaban J connectivity index is 1.59. The van der Waals surface area contributed by atoms with Crippen LogP contribution in [0.25, 0.3) is 0 Å². The van der Waals surface area contributed by atoms with Gasteiger partial charge in [0.15, 0.2) is 0 Å². The van der Waals surface area contributed by atoms with E-state index in [0.29, 0.717) is 6.42 Å². The summed E-state index contributed by atoms with van der Waals surface area (Å²) in [5.41, 5.74) is 4.03. The van der Waals surface area contributed by atoms with Gasteiger partial charge in [-0.3, -0.25) is 9.69 Å². The molecule has 2 aromatic rings. The second-order valence-corrected chi connectivity index (χ2v) is 6.62. The molecule has 3 rings (SSSR count). The fourth-order valence-corrected chi connectivity index (χ4v) is 3.13. The van der Waals surface area contributed by atoms with Crippen molar-refractivity contribution in [2.75, 3.05) is 38.7 Å². The molecule has 0 aliphatic carbocycles. The molecule has 26 heavy (non-hydrogen) atoms. The highest BCUT2D eigenvalue weighted by atomic mass is 16.5. The Morgan fingerprint density at radius 2 is 1.96 bits per heavy atom. The summed E-state index contributed by atoms with van der Waals surface area (Å²) in [6.07, 6.45) is 0.324. The number of anilines is 1. The lowest BCUT2D eigenvalue weighted by atomic mass is 10.1. The summed E-state index contributed by atoms with van der Waals surface area (Å²) in [6.45, 7) is 6.34. The van der Waals surface area contributed by atoms with Crippen LogP contribution in [0.5, 0.6) is 5.75 Å². The van der Waals surface area contributed by atoms with Gasteiger partial charge >= 0.3 is 0 Å². The molecule has 0 atom stereocenters. The highest BCUT2D eigenvalue weighted by molar-refractivity contribution is 5.92. The van der Waals surface area contributed by atoms with Crippen molar-refractivity contribution in [2.45, 2.75) is 19.9 Å². The number of morpholine rings is 1. The summed E-state index contributed by atoms with van der Waals surface area (Å²) in [4.78, 5) is 14.8. The Bertz CT molecular complexity index is 755. The Morgan fingerprint density at radius 1 is 1.15 bits per heavy atom. The first-order chi connectivity index (χ1) is 12.6. The van der Waals surface area contributed by atoms with Crippen LogP contribution in [0, 0.1) is 6.92 Å². The summed E-state index contributed by atoms with van der Waals surface area (Å²) in [5.74, 6) is 0.780. The van der Waals surface area contributed by atoms with Crippen LogP contribution in [0.2, 0.25) is 0 Å². The van der Waals surface area contributed by atoms with Gasteiger partial charge in [0.25, 0.3) is 0 Å². The number of nitrogens with zero attached hydrogens (tertiary/aromatic N) is 1. The molecule has 0 spiro atoms. The topological polar surface area (TPSA) is 50.8 Å². The first-order valence-electron chi connectivity index (χ1n) is 8.96. The Labute approximate surface area is 154 Å². The third-order valence-corrected chi connectivity index (χ3v) is 4.56. The fourth-order valence-electron chi connectivity index (χ4n) is 3.13. The van der Waals surface area contributed by atoms with Crippen LogP contribution in [-0.4, -0.2) is 44.2 Å². The van der Waals surface area contributed by atoms with Gasteiger partial charge in [0.2, 0.25) is 5.91 Å². The number of benzene rings is 2. The van der Waals surface area contributed by atoms with E-state index in [1.165, 1.54) is 5.56 Å². The van der Waals surface area contributed by atoms with E-state index in [1.54, 1.807) is 7.11 Å². The zero-order valence-corrected chi connectivity index (χ0v) is 15.5. The largest absolute Gasteiger partial charge is 0.496 e. The minimum Gasteiger partial charge on any atom is -0.496 e. The normalized spacial score (nSPS) is 14.8. The van der Waals surface area contributed by atoms with Crippen molar-refractivity contribution in [3.63, 3.8) is 0 Å². The Hall–Kier alpha value is -2.37. The molecule has 1 aliphatic rings. The number of ether oxygens (including phenoxy) is 2. The highest BCUT2D eigenvalue weighted by Gasteiger charge is 2.11. The van der Waals surface area contributed by atoms with Crippen LogP contribution >= 0.6 is 0 Å². The van der Waals surface area contributed by atoms with E-state index in [4.69, 9.17) is 9.47 Å². The SMILES string of the molecule is COc1cc(CC(=O)Nc2cccc(CN3CCOCC3)c2)ccc1C. The van der Waals surface area contributed by atoms with Gasteiger partial charge < -0.3 is 14.8 Å². The zero-order chi connectivity index (χ0) is 18.4. The Morgan fingerprint density at radius 3 is 2.73 bits per heavy atom. The van der Waals surface area contributed by atoms with E-state index in [-0.39, 0.29) is 5.91 Å². The lowest BCUT2D eigenvalue weighted by Crippen LogP contribution is -2.35. The van der Waals surface area contributed by atoms with Crippen LogP contribution < -0.4 is 10.1 Å². The molecule has 0 radical (unpaired) electrons. The van der Waals surface area contributed by atoms with Gasteiger partial charge in [0, 0.05) is 25.3 Å². The molecule has 5 heteroatoms. The van der Waals surface area contributed by atoms with Crippen molar-refractivity contribution in [1.82, 2.24) is 4.90 Å². The molecular formula is C21H26N2O3. The van der Waals surface area contributed by atoms with E-state index >= 15 is 0 Å². The first-order valence-corrected chi connectivity index (χ1v) is 8.96. The molecule has 1 saturated heterocycles. The lowest BCUT2D eigenvalue weighted by Gasteiger charge is -2.26. The van der Waals surface area contributed by atoms with E-state index in [1.807, 2.05) is 43.3 Å². The second kappa shape index (κ2) is 8.83. The average Bonchev–Trinajstić information content (AvgIpc) is 2.64. The molecule has 1 aliphatic heterocycles. The maximum Gasteiger partial charge on any atom is 0.228 e. The number of hydrogen-bond acceptors (Lipinski definition) is 4. The summed E-state index contributed by atoms with van der Waals surface area (Å²) >= 11 is 0. The molecule has 0 unspecified atom stereocenters. The van der Waals surface area contributed by atoms with Crippen LogP contribution in [0.1, 0.15) is 16.7 Å². The fraction of sp³-hybridized carbons (Fsp3) is 0.381. The van der Waals surface area contributed by atoms with Gasteiger partial charge in [-0.25, -0.2) is 0 Å². The minimum absolute atomic E-state index is 0.0283. The Kier molecular flexibility index (Phi) is 6.26. The zero-order valence-electron chi connectivity index (χ0n) is 15.5. The van der Waals surface area contributed by atoms with Crippen molar-refractivity contribution in [3.05, 3.63) is 59.2 Å². The van der Waals surface area contributed by atoms with E-state index in [0.717, 1.165) is 55.4 Å². The van der Waals surface area contributed by atoms with E-state index < -0.39 is 0 Å². The molecule has 1 N–H and O–H groups in total. The number of nitrogens with one attached hydrogen (secondary N) is 1. The summed E-state index contributed by atoms with van der Waals surface area (Å²) in [6, 6.07) is 13.9. The molecule has 0 bridgehead atoms. The number of aryl methyl sites for hydroxylation is 1. The number of hydrogen-bond donors (Lipinski definition) is 1. The summed E-state index contributed by atoms with van der Waals surface area (Å²) < 4.78 is 10.7. The van der Waals surface area contributed by atoms with Crippen molar-refractivity contribution in [1.29, 1.82) is 0 Å². The smallest absolute Gasteiger partial charge is 0.228 e. The average molecular weight is 354 g/mol. The minimum atomic E-state index is -0.0283. The van der Waals surface area contributed by atoms with Gasteiger partial charge in [-0.05, 0) is 41.8 Å². The molecule has 0 aromatic heterocycles. The maximum atomic E-state index is 12.4. The predicted molar refractivity (Wildman–Crippen MR) is 103 cm³/mol. The molecule has 5 nitrogen and oxygen atoms in total. The third-order valence-electron chi connectivity index (χ3n) is 4.56. The van der Waals surface area contributed by atoms with Gasteiger partial charge in [-0.15, -0.1) is 0 Å². The van der Waals surface area contributed by atoms with E-state index in [9.17, 15) is 4.79 Å². The van der Waals surface area contributed by atoms with E-state index in [2.05, 4.69) is 16.3 Å². The quantitative estimate of drug-likeness (QED) is 0.866. The number of amides is 1. The van der Waals surface area contributed by atoms with Crippen molar-refractivity contribution >= 4 is 11.6 Å². The van der Waals surface area contributed by atoms with Crippen molar-refractivity contribution < 1.29 is 14.3 Å². The maximum absolute atomic E-state index is 12.4. The highest BCUT2D eigenvalue weighted by Crippen LogP contribution is 2.20. The predicted octanol–water partition coefficient (Wildman–Crippen LogP) is 3.02. The van der Waals surface area contributed by atoms with Crippen LogP contribution in [0.3, 0.4) is 0 Å². The number of methoxy groups -OCH3 is 1. The summed E-state index contributed by atoms with van der Waals surface area (Å²) in [5, 5.41) is 3.00. The van der Waals surface area contributed by atoms with Gasteiger partial charge in [0.1, 0.15) is 5.75 Å². The molecule has 138 valence electrons. The number of rotatable bonds is 6. The van der Waals surface area contributed by atoms with Crippen molar-refractivity contribution in [2.24, 2.45) is 0 Å². The van der Waals surface area contributed by atoms with Gasteiger partial charge in [0.05, 0.1) is 26.7 Å². The number of carbonyl (C=O) groups is 1. The van der Waals surface area contributed by atoms with Gasteiger partial charge in [-0.1, -0.05) is 24.3 Å². The molecule has 1 amide bonds. The molecule has 1 heterocycles. The lowest BCUT2D eigenvalue weighted by molar-refractivity contribution is -0.115. The molecular weight excluding hydrogens is 328 g/mol. The standard InChI is InChI=1S/C21H26N2O3/c1-16-6-7-17(13-20(16)25-2)14-21(24)22-19-5-3-4-18(12-19)15-23-8-10-26-11-9-23/h3-7,12-13H,8-11,14-15H2,1-2H3,(H,22,24). The molecule has 0 saturated carbocycles. The molecule has 1 fully saturated rings. The van der Waals surface area contributed by atoms with Crippen LogP contribution in [-0.2, 0) is 22.5 Å². The summed E-state index contributed by atoms with van der Waals surface area (Å²) in [7, 11) is 1.64. The third kappa shape index (κ3) is 5.07. The second-order valence-electron chi connectivity index (χ2n) is 6.62. The number of carbonyl (C=O) groups excluding carboxylic acids is 1. The molecule has 2 aromatic carbocycles. The monoisotopic (exact) mass is 354 g/mol.